The average Bonchev–Trinajstić information content (AvgIpc) is 2.96. The highest BCUT2D eigenvalue weighted by Gasteiger charge is 2.46. The Morgan fingerprint density at radius 1 is 1.10 bits per heavy atom. The largest absolute Gasteiger partial charge is 0.326 e. The van der Waals surface area contributed by atoms with Crippen molar-refractivity contribution in [2.24, 2.45) is 11.8 Å². The number of allylic oxidation sites excluding steroid dienone is 2. The summed E-state index contributed by atoms with van der Waals surface area (Å²) in [6, 6.07) is 5.74. The minimum Gasteiger partial charge on any atom is -0.326 e. The molecule has 1 fully saturated rings. The number of nitrogens with zero attached hydrogens (tertiary/aromatic N) is 2. The number of anilines is 1. The van der Waals surface area contributed by atoms with Crippen LogP contribution in [0.4, 0.5) is 5.69 Å². The van der Waals surface area contributed by atoms with E-state index in [1.165, 1.54) is 40.5 Å². The molecule has 2 atom stereocenters. The molecule has 3 amide bonds. The Hall–Kier alpha value is -2.52. The standard InChI is InChI=1S/C21H27N3O5S/c1-14(2)23(3)30(28,29)16-10-8-15(9-11-16)22-19(25)12-13-24-20(26)17-6-4-5-7-18(17)21(24)27/h4-5,8-11,14,17-18H,6-7,12-13H2,1-3H3,(H,22,25)/t17-,18+. The summed E-state index contributed by atoms with van der Waals surface area (Å²) in [4.78, 5) is 38.5. The summed E-state index contributed by atoms with van der Waals surface area (Å²) < 4.78 is 26.3. The molecule has 0 bridgehead atoms. The first-order chi connectivity index (χ1) is 14.1. The van der Waals surface area contributed by atoms with Gasteiger partial charge in [-0.05, 0) is 51.0 Å². The Kier molecular flexibility index (Phi) is 6.42. The van der Waals surface area contributed by atoms with E-state index in [0.717, 1.165) is 0 Å². The van der Waals surface area contributed by atoms with Crippen LogP contribution in [0.2, 0.25) is 0 Å². The molecule has 0 radical (unpaired) electrons. The molecule has 0 aromatic heterocycles. The van der Waals surface area contributed by atoms with Gasteiger partial charge < -0.3 is 5.32 Å². The van der Waals surface area contributed by atoms with Crippen LogP contribution in [0.1, 0.15) is 33.1 Å². The molecule has 1 N–H and O–H groups in total. The molecule has 0 saturated carbocycles. The Balaban J connectivity index is 1.57. The smallest absolute Gasteiger partial charge is 0.243 e. The zero-order chi connectivity index (χ0) is 22.1. The Bertz CT molecular complexity index is 943. The van der Waals surface area contributed by atoms with Gasteiger partial charge in [0.25, 0.3) is 0 Å². The highest BCUT2D eigenvalue weighted by Crippen LogP contribution is 2.35. The number of likely N-dealkylation sites (tertiary alicyclic amines) is 1. The molecule has 2 aliphatic rings. The molecule has 0 unspecified atom stereocenters. The summed E-state index contributed by atoms with van der Waals surface area (Å²) in [5, 5.41) is 2.68. The molecular weight excluding hydrogens is 406 g/mol. The lowest BCUT2D eigenvalue weighted by Crippen LogP contribution is -2.34. The van der Waals surface area contributed by atoms with Crippen LogP contribution in [0, 0.1) is 11.8 Å². The molecule has 1 aliphatic heterocycles. The van der Waals surface area contributed by atoms with Crippen molar-refractivity contribution < 1.29 is 22.8 Å². The van der Waals surface area contributed by atoms with Gasteiger partial charge in [0.05, 0.1) is 16.7 Å². The molecular formula is C21H27N3O5S. The maximum absolute atomic E-state index is 12.5. The second-order valence-electron chi connectivity index (χ2n) is 7.92. The molecule has 8 nitrogen and oxygen atoms in total. The maximum Gasteiger partial charge on any atom is 0.243 e. The number of imide groups is 1. The zero-order valence-corrected chi connectivity index (χ0v) is 18.2. The van der Waals surface area contributed by atoms with Crippen molar-refractivity contribution in [3.63, 3.8) is 0 Å². The number of rotatable bonds is 7. The molecule has 1 aromatic carbocycles. The minimum absolute atomic E-state index is 0.0134. The second kappa shape index (κ2) is 8.69. The molecule has 0 spiro atoms. The summed E-state index contributed by atoms with van der Waals surface area (Å²) in [6.45, 7) is 3.61. The summed E-state index contributed by atoms with van der Waals surface area (Å²) in [7, 11) is -2.08. The van der Waals surface area contributed by atoms with Crippen molar-refractivity contribution in [2.45, 2.75) is 44.0 Å². The van der Waals surface area contributed by atoms with Crippen LogP contribution in [0.5, 0.6) is 0 Å². The normalized spacial score (nSPS) is 21.4. The molecule has 1 saturated heterocycles. The first-order valence-electron chi connectivity index (χ1n) is 10.0. The predicted molar refractivity (Wildman–Crippen MR) is 112 cm³/mol. The van der Waals surface area contributed by atoms with Gasteiger partial charge >= 0.3 is 0 Å². The Morgan fingerprint density at radius 3 is 2.13 bits per heavy atom. The Labute approximate surface area is 177 Å². The molecule has 3 rings (SSSR count). The fourth-order valence-electron chi connectivity index (χ4n) is 3.68. The van der Waals surface area contributed by atoms with Crippen LogP contribution in [-0.4, -0.2) is 55.0 Å². The lowest BCUT2D eigenvalue weighted by molar-refractivity contribution is -0.140. The lowest BCUT2D eigenvalue weighted by atomic mass is 9.85. The number of sulfonamides is 1. The maximum atomic E-state index is 12.5. The van der Waals surface area contributed by atoms with Crippen LogP contribution in [0.15, 0.2) is 41.3 Å². The SMILES string of the molecule is CC(C)N(C)S(=O)(=O)c1ccc(NC(=O)CCN2C(=O)[C@H]3CC=CC[C@H]3C2=O)cc1. The fraction of sp³-hybridized carbons (Fsp3) is 0.476. The number of fused-ring (bicyclic) bond motifs is 1. The van der Waals surface area contributed by atoms with E-state index in [-0.39, 0.29) is 53.5 Å². The van der Waals surface area contributed by atoms with Gasteiger partial charge in [0.15, 0.2) is 0 Å². The molecule has 1 aliphatic carbocycles. The molecule has 162 valence electrons. The number of nitrogens with one attached hydrogen (secondary N) is 1. The topological polar surface area (TPSA) is 104 Å². The van der Waals surface area contributed by atoms with E-state index in [9.17, 15) is 22.8 Å². The van der Waals surface area contributed by atoms with Gasteiger partial charge in [0, 0.05) is 31.7 Å². The zero-order valence-electron chi connectivity index (χ0n) is 17.4. The predicted octanol–water partition coefficient (Wildman–Crippen LogP) is 2.00. The third-order valence-electron chi connectivity index (χ3n) is 5.70. The second-order valence-corrected chi connectivity index (χ2v) is 9.92. The number of benzene rings is 1. The van der Waals surface area contributed by atoms with Crippen molar-refractivity contribution in [1.82, 2.24) is 9.21 Å². The van der Waals surface area contributed by atoms with Crippen LogP contribution in [0.25, 0.3) is 0 Å². The third-order valence-corrected chi connectivity index (χ3v) is 7.75. The van der Waals surface area contributed by atoms with Crippen molar-refractivity contribution in [2.75, 3.05) is 18.9 Å². The fourth-order valence-corrected chi connectivity index (χ4v) is 5.05. The number of carbonyl (C=O) groups excluding carboxylic acids is 3. The van der Waals surface area contributed by atoms with Crippen molar-refractivity contribution >= 4 is 33.4 Å². The number of hydrogen-bond donors (Lipinski definition) is 1. The van der Waals surface area contributed by atoms with Gasteiger partial charge in [0.1, 0.15) is 0 Å². The quantitative estimate of drug-likeness (QED) is 0.523. The van der Waals surface area contributed by atoms with Crippen LogP contribution in [-0.2, 0) is 24.4 Å². The highest BCUT2D eigenvalue weighted by molar-refractivity contribution is 7.89. The highest BCUT2D eigenvalue weighted by atomic mass is 32.2. The van der Waals surface area contributed by atoms with Crippen molar-refractivity contribution in [1.29, 1.82) is 0 Å². The monoisotopic (exact) mass is 433 g/mol. The minimum atomic E-state index is -3.59. The van der Waals surface area contributed by atoms with Crippen molar-refractivity contribution in [3.8, 4) is 0 Å². The van der Waals surface area contributed by atoms with E-state index >= 15 is 0 Å². The first-order valence-corrected chi connectivity index (χ1v) is 11.4. The van der Waals surface area contributed by atoms with E-state index < -0.39 is 10.0 Å². The molecule has 30 heavy (non-hydrogen) atoms. The van der Waals surface area contributed by atoms with Gasteiger partial charge in [0.2, 0.25) is 27.7 Å². The molecule has 1 aromatic rings. The van der Waals surface area contributed by atoms with Crippen LogP contribution in [0.3, 0.4) is 0 Å². The lowest BCUT2D eigenvalue weighted by Gasteiger charge is -2.21. The first kappa shape index (κ1) is 22.2. The van der Waals surface area contributed by atoms with E-state index in [2.05, 4.69) is 5.32 Å². The Morgan fingerprint density at radius 2 is 1.63 bits per heavy atom. The van der Waals surface area contributed by atoms with Gasteiger partial charge in [-0.2, -0.15) is 4.31 Å². The summed E-state index contributed by atoms with van der Waals surface area (Å²) in [5.74, 6) is -1.36. The van der Waals surface area contributed by atoms with Gasteiger partial charge in [-0.25, -0.2) is 8.42 Å². The average molecular weight is 434 g/mol. The third kappa shape index (κ3) is 4.32. The van der Waals surface area contributed by atoms with Gasteiger partial charge in [-0.1, -0.05) is 12.2 Å². The summed E-state index contributed by atoms with van der Waals surface area (Å²) in [6.07, 6.45) is 4.97. The van der Waals surface area contributed by atoms with Crippen LogP contribution < -0.4 is 5.32 Å². The van der Waals surface area contributed by atoms with Crippen molar-refractivity contribution in [3.05, 3.63) is 36.4 Å². The van der Waals surface area contributed by atoms with E-state index in [1.807, 2.05) is 12.2 Å². The molecule has 9 heteroatoms. The van der Waals surface area contributed by atoms with Gasteiger partial charge in [-0.15, -0.1) is 0 Å². The number of amides is 3. The number of carbonyl (C=O) groups is 3. The number of hydrogen-bond acceptors (Lipinski definition) is 5. The summed E-state index contributed by atoms with van der Waals surface area (Å²) in [5.41, 5.74) is 0.447. The van der Waals surface area contributed by atoms with E-state index in [0.29, 0.717) is 18.5 Å². The molecule has 1 heterocycles. The van der Waals surface area contributed by atoms with E-state index in [4.69, 9.17) is 0 Å². The van der Waals surface area contributed by atoms with Gasteiger partial charge in [-0.3, -0.25) is 19.3 Å². The summed E-state index contributed by atoms with van der Waals surface area (Å²) >= 11 is 0. The van der Waals surface area contributed by atoms with Crippen LogP contribution >= 0.6 is 0 Å². The van der Waals surface area contributed by atoms with E-state index in [1.54, 1.807) is 13.8 Å².